The van der Waals surface area contributed by atoms with Gasteiger partial charge in [-0.2, -0.15) is 14.6 Å². The number of carbonyl (C=O) groups is 1. The van der Waals surface area contributed by atoms with E-state index in [2.05, 4.69) is 30.9 Å². The van der Waals surface area contributed by atoms with Crippen LogP contribution in [0.5, 0.6) is 0 Å². The number of benzene rings is 1. The predicted octanol–water partition coefficient (Wildman–Crippen LogP) is 3.87. The molecule has 0 bridgehead atoms. The highest BCUT2D eigenvalue weighted by atomic mass is 19.1. The van der Waals surface area contributed by atoms with Crippen molar-refractivity contribution in [2.45, 2.75) is 38.0 Å². The first-order valence-electron chi connectivity index (χ1n) is 13.8. The number of methoxy groups -OCH3 is 1. The van der Waals surface area contributed by atoms with E-state index in [1.807, 2.05) is 37.3 Å². The zero-order valence-electron chi connectivity index (χ0n) is 23.3. The Hall–Kier alpha value is -4.46. The number of anilines is 2. The van der Waals surface area contributed by atoms with Crippen molar-refractivity contribution < 1.29 is 18.8 Å². The van der Waals surface area contributed by atoms with Crippen molar-refractivity contribution in [3.8, 4) is 16.9 Å². The summed E-state index contributed by atoms with van der Waals surface area (Å²) in [7, 11) is 1.60. The molecular weight excluding hydrogens is 541 g/mol. The molecule has 13 heteroatoms. The maximum Gasteiger partial charge on any atom is 0.320 e. The smallest absolute Gasteiger partial charge is 0.320 e. The Labute approximate surface area is 242 Å². The fourth-order valence-corrected chi connectivity index (χ4v) is 4.86. The lowest BCUT2D eigenvalue weighted by Gasteiger charge is -2.19. The van der Waals surface area contributed by atoms with Crippen LogP contribution in [0.2, 0.25) is 0 Å². The molecular formula is C29H32FN9O3. The van der Waals surface area contributed by atoms with Crippen LogP contribution in [0.15, 0.2) is 61.1 Å². The molecule has 12 nitrogen and oxygen atoms in total. The second-order valence-electron chi connectivity index (χ2n) is 10.3. The summed E-state index contributed by atoms with van der Waals surface area (Å²) in [5.41, 5.74) is 3.46. The Morgan fingerprint density at radius 3 is 2.64 bits per heavy atom. The number of ether oxygens (including phenoxy) is 1. The molecule has 3 aromatic heterocycles. The molecule has 2 atom stereocenters. The van der Waals surface area contributed by atoms with Gasteiger partial charge in [0.25, 0.3) is 0 Å². The molecule has 1 aliphatic heterocycles. The third-order valence-electron chi connectivity index (χ3n) is 7.16. The zero-order chi connectivity index (χ0) is 29.1. The molecule has 1 saturated heterocycles. The van der Waals surface area contributed by atoms with Crippen LogP contribution < -0.4 is 16.0 Å². The molecule has 218 valence electrons. The number of hydroxylamine groups is 2. The van der Waals surface area contributed by atoms with Gasteiger partial charge in [-0.3, -0.25) is 10.2 Å². The standard InChI is InChI=1S/C29H32FN9O3/c1-18-25(20-15-32-28(33-16-20)34-21-8-9-21)37-39(22-6-4-3-5-7-22)27(18)36-29(40)35-23-17-38(12-13-41-2)42-26(23)19-10-11-31-24(30)14-19/h3-7,10-11,14-16,21,23,26H,8-9,12-13,17H2,1-2H3,(H,32,33,34)(H2,35,36,40)/t23-,26+/m1/s1. The summed E-state index contributed by atoms with van der Waals surface area (Å²) in [5.74, 6) is 0.460. The number of rotatable bonds is 10. The van der Waals surface area contributed by atoms with E-state index >= 15 is 0 Å². The number of amides is 2. The minimum Gasteiger partial charge on any atom is -0.383 e. The number of nitrogens with zero attached hydrogens (tertiary/aromatic N) is 6. The number of nitrogens with one attached hydrogen (secondary N) is 3. The molecule has 0 spiro atoms. The van der Waals surface area contributed by atoms with Crippen molar-refractivity contribution in [1.29, 1.82) is 0 Å². The first kappa shape index (κ1) is 27.7. The van der Waals surface area contributed by atoms with Gasteiger partial charge in [0.1, 0.15) is 17.6 Å². The average molecular weight is 574 g/mol. The van der Waals surface area contributed by atoms with Gasteiger partial charge in [0.05, 0.1) is 18.3 Å². The van der Waals surface area contributed by atoms with E-state index in [9.17, 15) is 9.18 Å². The summed E-state index contributed by atoms with van der Waals surface area (Å²) in [6.07, 6.45) is 6.48. The Morgan fingerprint density at radius 2 is 1.93 bits per heavy atom. The number of urea groups is 1. The molecule has 6 rings (SSSR count). The van der Waals surface area contributed by atoms with Crippen molar-refractivity contribution in [3.63, 3.8) is 0 Å². The van der Waals surface area contributed by atoms with E-state index in [-0.39, 0.29) is 0 Å². The number of para-hydroxylation sites is 1. The minimum absolute atomic E-state index is 0.381. The molecule has 42 heavy (non-hydrogen) atoms. The Kier molecular flexibility index (Phi) is 8.04. The van der Waals surface area contributed by atoms with E-state index in [0.717, 1.165) is 29.7 Å². The topological polar surface area (TPSA) is 131 Å². The number of halogens is 1. The van der Waals surface area contributed by atoms with Crippen molar-refractivity contribution >= 4 is 17.8 Å². The van der Waals surface area contributed by atoms with E-state index in [1.54, 1.807) is 35.3 Å². The van der Waals surface area contributed by atoms with Crippen LogP contribution in [-0.4, -0.2) is 74.7 Å². The minimum atomic E-state index is -0.620. The molecule has 4 heterocycles. The third-order valence-corrected chi connectivity index (χ3v) is 7.16. The molecule has 2 amide bonds. The second kappa shape index (κ2) is 12.2. The molecule has 2 fully saturated rings. The summed E-state index contributed by atoms with van der Waals surface area (Å²) in [4.78, 5) is 32.1. The Morgan fingerprint density at radius 1 is 1.14 bits per heavy atom. The SMILES string of the molecule is COCCN1C[C@@H](NC(=O)Nc2c(C)c(-c3cnc(NC4CC4)nc3)nn2-c2ccccc2)[C@H](c2ccnc(F)c2)O1. The van der Waals surface area contributed by atoms with Gasteiger partial charge in [-0.05, 0) is 49.6 Å². The summed E-state index contributed by atoms with van der Waals surface area (Å²) < 4.78 is 20.8. The van der Waals surface area contributed by atoms with E-state index in [0.29, 0.717) is 48.8 Å². The lowest BCUT2D eigenvalue weighted by Crippen LogP contribution is -2.42. The van der Waals surface area contributed by atoms with Gasteiger partial charge in [-0.1, -0.05) is 18.2 Å². The zero-order valence-corrected chi connectivity index (χ0v) is 23.3. The van der Waals surface area contributed by atoms with Gasteiger partial charge in [0, 0.05) is 56.0 Å². The quantitative estimate of drug-likeness (QED) is 0.242. The molecule has 3 N–H and O–H groups in total. The van der Waals surface area contributed by atoms with Crippen LogP contribution in [0.1, 0.15) is 30.1 Å². The number of pyridine rings is 1. The Bertz CT molecular complexity index is 1530. The van der Waals surface area contributed by atoms with Crippen LogP contribution in [-0.2, 0) is 9.57 Å². The van der Waals surface area contributed by atoms with E-state index in [4.69, 9.17) is 14.7 Å². The van der Waals surface area contributed by atoms with Crippen molar-refractivity contribution in [2.75, 3.05) is 37.4 Å². The monoisotopic (exact) mass is 573 g/mol. The summed E-state index contributed by atoms with van der Waals surface area (Å²) in [6.45, 7) is 3.20. The molecule has 2 aliphatic rings. The average Bonchev–Trinajstić information content (AvgIpc) is 3.64. The largest absolute Gasteiger partial charge is 0.383 e. The molecule has 0 radical (unpaired) electrons. The maximum atomic E-state index is 13.9. The highest BCUT2D eigenvalue weighted by Crippen LogP contribution is 2.32. The number of hydrogen-bond acceptors (Lipinski definition) is 9. The highest BCUT2D eigenvalue weighted by molar-refractivity contribution is 5.91. The number of hydrogen-bond donors (Lipinski definition) is 3. The number of aromatic nitrogens is 5. The van der Waals surface area contributed by atoms with Gasteiger partial charge in [-0.25, -0.2) is 24.4 Å². The summed E-state index contributed by atoms with van der Waals surface area (Å²) >= 11 is 0. The second-order valence-corrected chi connectivity index (χ2v) is 10.3. The molecule has 1 saturated carbocycles. The Balaban J connectivity index is 1.25. The molecule has 0 unspecified atom stereocenters. The molecule has 4 aromatic rings. The maximum absolute atomic E-state index is 13.9. The van der Waals surface area contributed by atoms with Crippen molar-refractivity contribution in [2.24, 2.45) is 0 Å². The highest BCUT2D eigenvalue weighted by Gasteiger charge is 2.37. The first-order valence-corrected chi connectivity index (χ1v) is 13.8. The van der Waals surface area contributed by atoms with Crippen molar-refractivity contribution in [1.82, 2.24) is 35.1 Å². The first-order chi connectivity index (χ1) is 20.5. The van der Waals surface area contributed by atoms with Crippen LogP contribution in [0.3, 0.4) is 0 Å². The van der Waals surface area contributed by atoms with E-state index in [1.165, 1.54) is 12.3 Å². The van der Waals surface area contributed by atoms with Gasteiger partial charge < -0.3 is 15.4 Å². The van der Waals surface area contributed by atoms with Crippen LogP contribution in [0, 0.1) is 12.9 Å². The van der Waals surface area contributed by atoms with Gasteiger partial charge in [-0.15, -0.1) is 0 Å². The summed E-state index contributed by atoms with van der Waals surface area (Å²) in [6, 6.07) is 12.0. The normalized spacial score (nSPS) is 18.6. The van der Waals surface area contributed by atoms with Gasteiger partial charge in [0.15, 0.2) is 0 Å². The fraction of sp³-hybridized carbons (Fsp3) is 0.345. The lowest BCUT2D eigenvalue weighted by molar-refractivity contribution is -0.154. The van der Waals surface area contributed by atoms with Crippen LogP contribution >= 0.6 is 0 Å². The van der Waals surface area contributed by atoms with Crippen LogP contribution in [0.4, 0.5) is 21.0 Å². The number of carbonyl (C=O) groups excluding carboxylic acids is 1. The van der Waals surface area contributed by atoms with Crippen LogP contribution in [0.25, 0.3) is 16.9 Å². The lowest BCUT2D eigenvalue weighted by atomic mass is 10.0. The van der Waals surface area contributed by atoms with Gasteiger partial charge in [0.2, 0.25) is 11.9 Å². The molecule has 1 aliphatic carbocycles. The van der Waals surface area contributed by atoms with Crippen molar-refractivity contribution in [3.05, 3.63) is 78.1 Å². The van der Waals surface area contributed by atoms with E-state index < -0.39 is 24.1 Å². The molecule has 1 aromatic carbocycles. The third kappa shape index (κ3) is 6.22. The van der Waals surface area contributed by atoms with Gasteiger partial charge >= 0.3 is 6.03 Å². The summed E-state index contributed by atoms with van der Waals surface area (Å²) in [5, 5.41) is 15.8. The predicted molar refractivity (Wildman–Crippen MR) is 153 cm³/mol. The fourth-order valence-electron chi connectivity index (χ4n) is 4.86.